The lowest BCUT2D eigenvalue weighted by atomic mass is 9.93. The zero-order valence-corrected chi connectivity index (χ0v) is 8.53. The van der Waals surface area contributed by atoms with Gasteiger partial charge >= 0.3 is 5.97 Å². The highest BCUT2D eigenvalue weighted by molar-refractivity contribution is 5.77. The largest absolute Gasteiger partial charge is 0.464 e. The lowest BCUT2D eigenvalue weighted by molar-refractivity contribution is -0.143. The van der Waals surface area contributed by atoms with Crippen molar-refractivity contribution in [2.45, 2.75) is 37.8 Å². The van der Waals surface area contributed by atoms with Crippen LogP contribution in [0.3, 0.4) is 0 Å². The molecule has 0 saturated carbocycles. The highest BCUT2D eigenvalue weighted by Gasteiger charge is 2.36. The smallest absolute Gasteiger partial charge is 0.323 e. The molecule has 0 aliphatic carbocycles. The van der Waals surface area contributed by atoms with Crippen LogP contribution < -0.4 is 0 Å². The second kappa shape index (κ2) is 3.51. The topological polar surface area (TPSA) is 49.8 Å². The second-order valence-electron chi connectivity index (χ2n) is 4.50. The molecule has 0 spiro atoms. The van der Waals surface area contributed by atoms with Gasteiger partial charge in [-0.25, -0.2) is 0 Å². The van der Waals surface area contributed by atoms with Gasteiger partial charge < -0.3 is 9.84 Å². The molecule has 1 unspecified atom stereocenters. The van der Waals surface area contributed by atoms with E-state index in [1.54, 1.807) is 0 Å². The number of ether oxygens (including phenoxy) is 1. The Morgan fingerprint density at radius 3 is 2.64 bits per heavy atom. The summed E-state index contributed by atoms with van der Waals surface area (Å²) in [5.41, 5.74) is -0.543. The number of aliphatic hydroxyl groups is 1. The van der Waals surface area contributed by atoms with Crippen molar-refractivity contribution in [3.8, 4) is 0 Å². The second-order valence-corrected chi connectivity index (χ2v) is 4.50. The van der Waals surface area contributed by atoms with Gasteiger partial charge in [0.05, 0.1) is 12.2 Å². The Hall–Kier alpha value is -0.610. The third-order valence-corrected chi connectivity index (χ3v) is 3.22. The standard InChI is InChI=1S/C10H17NO3/c1-10(13)3-5-11(6-4-10)8-2-7-14-9(8)12/h8,13H,2-7H2,1H3. The Morgan fingerprint density at radius 2 is 2.14 bits per heavy atom. The minimum absolute atomic E-state index is 0.0499. The molecule has 2 fully saturated rings. The number of nitrogens with zero attached hydrogens (tertiary/aromatic N) is 1. The van der Waals surface area contributed by atoms with Crippen LogP contribution in [-0.2, 0) is 9.53 Å². The van der Waals surface area contributed by atoms with Crippen molar-refractivity contribution < 1.29 is 14.6 Å². The van der Waals surface area contributed by atoms with E-state index < -0.39 is 5.60 Å². The highest BCUT2D eigenvalue weighted by Crippen LogP contribution is 2.25. The van der Waals surface area contributed by atoms with Crippen molar-refractivity contribution in [3.05, 3.63) is 0 Å². The van der Waals surface area contributed by atoms with E-state index in [2.05, 4.69) is 4.90 Å². The van der Waals surface area contributed by atoms with E-state index in [0.29, 0.717) is 6.61 Å². The lowest BCUT2D eigenvalue weighted by Crippen LogP contribution is -2.48. The molecule has 2 heterocycles. The van der Waals surface area contributed by atoms with Gasteiger partial charge in [-0.1, -0.05) is 0 Å². The summed E-state index contributed by atoms with van der Waals surface area (Å²) in [6.07, 6.45) is 2.30. The maximum atomic E-state index is 11.3. The monoisotopic (exact) mass is 199 g/mol. The molecule has 2 aliphatic rings. The number of carbonyl (C=O) groups is 1. The minimum Gasteiger partial charge on any atom is -0.464 e. The fourth-order valence-electron chi connectivity index (χ4n) is 2.13. The summed E-state index contributed by atoms with van der Waals surface area (Å²) in [6, 6.07) is -0.0499. The van der Waals surface area contributed by atoms with Crippen molar-refractivity contribution in [2.75, 3.05) is 19.7 Å². The first kappa shape index (κ1) is 9.93. The maximum Gasteiger partial charge on any atom is 0.323 e. The first-order valence-corrected chi connectivity index (χ1v) is 5.22. The van der Waals surface area contributed by atoms with E-state index >= 15 is 0 Å². The van der Waals surface area contributed by atoms with E-state index in [0.717, 1.165) is 32.4 Å². The molecule has 14 heavy (non-hydrogen) atoms. The van der Waals surface area contributed by atoms with E-state index in [9.17, 15) is 9.90 Å². The van der Waals surface area contributed by atoms with Crippen LogP contribution in [0.25, 0.3) is 0 Å². The van der Waals surface area contributed by atoms with Gasteiger partial charge in [0.2, 0.25) is 0 Å². The van der Waals surface area contributed by atoms with Crippen LogP contribution >= 0.6 is 0 Å². The van der Waals surface area contributed by atoms with Gasteiger partial charge in [0, 0.05) is 19.5 Å². The van der Waals surface area contributed by atoms with Crippen LogP contribution in [-0.4, -0.2) is 47.3 Å². The van der Waals surface area contributed by atoms with E-state index in [1.807, 2.05) is 6.92 Å². The van der Waals surface area contributed by atoms with Crippen molar-refractivity contribution in [1.82, 2.24) is 4.90 Å². The molecule has 1 N–H and O–H groups in total. The SMILES string of the molecule is CC1(O)CCN(C2CCOC2=O)CC1. The summed E-state index contributed by atoms with van der Waals surface area (Å²) >= 11 is 0. The summed E-state index contributed by atoms with van der Waals surface area (Å²) < 4.78 is 4.93. The number of hydrogen-bond donors (Lipinski definition) is 1. The molecule has 2 rings (SSSR count). The summed E-state index contributed by atoms with van der Waals surface area (Å²) in [5.74, 6) is -0.0912. The molecule has 0 bridgehead atoms. The van der Waals surface area contributed by atoms with Crippen LogP contribution in [0.15, 0.2) is 0 Å². The third kappa shape index (κ3) is 1.91. The molecule has 0 amide bonds. The van der Waals surface area contributed by atoms with Crippen LogP contribution in [0.4, 0.5) is 0 Å². The third-order valence-electron chi connectivity index (χ3n) is 3.22. The van der Waals surface area contributed by atoms with Crippen LogP contribution in [0.5, 0.6) is 0 Å². The molecule has 0 radical (unpaired) electrons. The van der Waals surface area contributed by atoms with Crippen molar-refractivity contribution in [1.29, 1.82) is 0 Å². The average Bonchev–Trinajstić information content (AvgIpc) is 2.52. The van der Waals surface area contributed by atoms with Crippen molar-refractivity contribution >= 4 is 5.97 Å². The van der Waals surface area contributed by atoms with Crippen LogP contribution in [0.2, 0.25) is 0 Å². The van der Waals surface area contributed by atoms with Gasteiger partial charge in [0.15, 0.2) is 0 Å². The molecule has 80 valence electrons. The van der Waals surface area contributed by atoms with E-state index in [4.69, 9.17) is 4.74 Å². The zero-order valence-electron chi connectivity index (χ0n) is 8.53. The van der Waals surface area contributed by atoms with Crippen molar-refractivity contribution in [3.63, 3.8) is 0 Å². The van der Waals surface area contributed by atoms with E-state index in [1.165, 1.54) is 0 Å². The fraction of sp³-hybridized carbons (Fsp3) is 0.900. The molecule has 0 aromatic rings. The summed E-state index contributed by atoms with van der Waals surface area (Å²) in [4.78, 5) is 13.4. The lowest BCUT2D eigenvalue weighted by Gasteiger charge is -2.37. The maximum absolute atomic E-state index is 11.3. The predicted molar refractivity (Wildman–Crippen MR) is 50.8 cm³/mol. The quantitative estimate of drug-likeness (QED) is 0.611. The number of piperidine rings is 1. The Balaban J connectivity index is 1.92. The van der Waals surface area contributed by atoms with Gasteiger partial charge in [-0.2, -0.15) is 0 Å². The predicted octanol–water partition coefficient (Wildman–Crippen LogP) is 0.149. The summed E-state index contributed by atoms with van der Waals surface area (Å²) in [7, 11) is 0. The molecule has 0 aromatic heterocycles. The molecule has 2 saturated heterocycles. The van der Waals surface area contributed by atoms with Gasteiger partial charge in [0.1, 0.15) is 6.04 Å². The number of cyclic esters (lactones) is 1. The van der Waals surface area contributed by atoms with Gasteiger partial charge in [-0.15, -0.1) is 0 Å². The Kier molecular flexibility index (Phi) is 2.49. The van der Waals surface area contributed by atoms with Crippen LogP contribution in [0.1, 0.15) is 26.2 Å². The molecule has 2 aliphatic heterocycles. The first-order chi connectivity index (χ1) is 6.58. The van der Waals surface area contributed by atoms with E-state index in [-0.39, 0.29) is 12.0 Å². The molecule has 4 nitrogen and oxygen atoms in total. The number of esters is 1. The fourth-order valence-corrected chi connectivity index (χ4v) is 2.13. The number of hydrogen-bond acceptors (Lipinski definition) is 4. The van der Waals surface area contributed by atoms with Crippen LogP contribution in [0, 0.1) is 0 Å². The molecule has 1 atom stereocenters. The van der Waals surface area contributed by atoms with Gasteiger partial charge in [-0.05, 0) is 19.8 Å². The molecular weight excluding hydrogens is 182 g/mol. The normalized spacial score (nSPS) is 33.0. The molecule has 4 heteroatoms. The zero-order chi connectivity index (χ0) is 10.2. The number of likely N-dealkylation sites (tertiary alicyclic amines) is 1. The molecule has 0 aromatic carbocycles. The van der Waals surface area contributed by atoms with Gasteiger partial charge in [-0.3, -0.25) is 9.69 Å². The highest BCUT2D eigenvalue weighted by atomic mass is 16.5. The first-order valence-electron chi connectivity index (χ1n) is 5.22. The summed E-state index contributed by atoms with van der Waals surface area (Å²) in [6.45, 7) is 4.01. The number of carbonyl (C=O) groups excluding carboxylic acids is 1. The Morgan fingerprint density at radius 1 is 1.50 bits per heavy atom. The minimum atomic E-state index is -0.543. The van der Waals surface area contributed by atoms with Crippen molar-refractivity contribution in [2.24, 2.45) is 0 Å². The average molecular weight is 199 g/mol. The Labute approximate surface area is 83.8 Å². The number of rotatable bonds is 1. The summed E-state index contributed by atoms with van der Waals surface area (Å²) in [5, 5.41) is 9.76. The van der Waals surface area contributed by atoms with Gasteiger partial charge in [0.25, 0.3) is 0 Å². The Bertz CT molecular complexity index is 230. The molecular formula is C10H17NO3.